The standard InChI is InChI=1S/C34H38N2O4/c1-20-22(3)36(23(4)27-10-8-12-30(18-27)40-24(5)34(38)39-6)32-16-15-29(19-31(20)32)33(37)35-21(2)26-9-7-11-28(17-26)25-13-14-25/h7-12,15-19,21,23-25H,13-14H2,1-6H3,(H,35,37)/t21-,23?,24-/m0/s1. The van der Waals surface area contributed by atoms with Gasteiger partial charge in [0.05, 0.1) is 19.2 Å². The number of fused-ring (bicyclic) bond motifs is 1. The molecule has 6 nitrogen and oxygen atoms in total. The van der Waals surface area contributed by atoms with Crippen LogP contribution in [-0.4, -0.2) is 29.7 Å². The maximum absolute atomic E-state index is 13.3. The van der Waals surface area contributed by atoms with Crippen molar-refractivity contribution >= 4 is 22.8 Å². The molecule has 1 N–H and O–H groups in total. The van der Waals surface area contributed by atoms with Crippen LogP contribution in [0.4, 0.5) is 0 Å². The number of ether oxygens (including phenoxy) is 2. The second-order valence-electron chi connectivity index (χ2n) is 11.0. The highest BCUT2D eigenvalue weighted by molar-refractivity contribution is 5.99. The van der Waals surface area contributed by atoms with Crippen molar-refractivity contribution in [2.75, 3.05) is 7.11 Å². The van der Waals surface area contributed by atoms with E-state index in [1.807, 2.05) is 43.3 Å². The summed E-state index contributed by atoms with van der Waals surface area (Å²) in [5.41, 5.74) is 7.57. The average Bonchev–Trinajstić information content (AvgIpc) is 3.79. The molecular formula is C34H38N2O4. The summed E-state index contributed by atoms with van der Waals surface area (Å²) in [7, 11) is 1.35. The van der Waals surface area contributed by atoms with Crippen molar-refractivity contribution in [1.29, 1.82) is 0 Å². The van der Waals surface area contributed by atoms with Crippen LogP contribution < -0.4 is 10.1 Å². The molecule has 40 heavy (non-hydrogen) atoms. The van der Waals surface area contributed by atoms with Gasteiger partial charge in [0.1, 0.15) is 5.75 Å². The molecule has 1 unspecified atom stereocenters. The van der Waals surface area contributed by atoms with Crippen LogP contribution in [0.2, 0.25) is 0 Å². The molecule has 1 aliphatic rings. The molecule has 6 heteroatoms. The number of nitrogens with zero attached hydrogens (tertiary/aromatic N) is 1. The zero-order chi connectivity index (χ0) is 28.6. The number of carbonyl (C=O) groups is 2. The first-order valence-corrected chi connectivity index (χ1v) is 14.0. The van der Waals surface area contributed by atoms with E-state index in [0.717, 1.165) is 33.3 Å². The van der Waals surface area contributed by atoms with Crippen LogP contribution in [0, 0.1) is 13.8 Å². The molecule has 5 rings (SSSR count). The van der Waals surface area contributed by atoms with Gasteiger partial charge in [0.25, 0.3) is 5.91 Å². The van der Waals surface area contributed by atoms with E-state index in [0.29, 0.717) is 17.2 Å². The highest BCUT2D eigenvalue weighted by Gasteiger charge is 2.24. The Labute approximate surface area is 236 Å². The van der Waals surface area contributed by atoms with Gasteiger partial charge in [-0.25, -0.2) is 4.79 Å². The maximum Gasteiger partial charge on any atom is 0.346 e. The fraction of sp³-hybridized carbons (Fsp3) is 0.353. The third-order valence-corrected chi connectivity index (χ3v) is 8.21. The molecule has 1 aromatic heterocycles. The van der Waals surface area contributed by atoms with E-state index in [1.165, 1.54) is 25.5 Å². The first-order valence-electron chi connectivity index (χ1n) is 14.0. The zero-order valence-electron chi connectivity index (χ0n) is 24.2. The Hall–Kier alpha value is -4.06. The maximum atomic E-state index is 13.3. The molecule has 208 valence electrons. The third-order valence-electron chi connectivity index (χ3n) is 8.21. The van der Waals surface area contributed by atoms with Gasteiger partial charge in [-0.15, -0.1) is 0 Å². The summed E-state index contributed by atoms with van der Waals surface area (Å²) in [6, 6.07) is 22.3. The molecule has 1 amide bonds. The van der Waals surface area contributed by atoms with Crippen LogP contribution >= 0.6 is 0 Å². The second-order valence-corrected chi connectivity index (χ2v) is 11.0. The number of amides is 1. The van der Waals surface area contributed by atoms with Gasteiger partial charge in [0.15, 0.2) is 6.10 Å². The molecule has 0 bridgehead atoms. The molecule has 1 heterocycles. The SMILES string of the molecule is COC(=O)[C@H](C)Oc1cccc(C(C)n2c(C)c(C)c3cc(C(=O)N[C@@H](C)c4cccc(C5CC5)c4)ccc32)c1. The van der Waals surface area contributed by atoms with E-state index < -0.39 is 12.1 Å². The molecule has 0 aliphatic heterocycles. The zero-order valence-corrected chi connectivity index (χ0v) is 24.2. The van der Waals surface area contributed by atoms with Gasteiger partial charge in [0.2, 0.25) is 0 Å². The lowest BCUT2D eigenvalue weighted by molar-refractivity contribution is -0.147. The van der Waals surface area contributed by atoms with Gasteiger partial charge in [-0.1, -0.05) is 36.4 Å². The Bertz CT molecular complexity index is 1570. The van der Waals surface area contributed by atoms with Crippen molar-refractivity contribution in [3.63, 3.8) is 0 Å². The predicted molar refractivity (Wildman–Crippen MR) is 158 cm³/mol. The Morgan fingerprint density at radius 1 is 0.925 bits per heavy atom. The molecule has 3 atom stereocenters. The third kappa shape index (κ3) is 5.48. The lowest BCUT2D eigenvalue weighted by Gasteiger charge is -2.20. The van der Waals surface area contributed by atoms with Gasteiger partial charge in [0, 0.05) is 22.2 Å². The first kappa shape index (κ1) is 27.5. The first-order chi connectivity index (χ1) is 19.2. The van der Waals surface area contributed by atoms with Crippen molar-refractivity contribution in [2.45, 2.75) is 71.6 Å². The van der Waals surface area contributed by atoms with Crippen molar-refractivity contribution in [3.8, 4) is 5.75 Å². The van der Waals surface area contributed by atoms with Crippen LogP contribution in [0.3, 0.4) is 0 Å². The van der Waals surface area contributed by atoms with Gasteiger partial charge in [-0.3, -0.25) is 4.79 Å². The number of aromatic nitrogens is 1. The molecule has 1 fully saturated rings. The Balaban J connectivity index is 1.38. The Morgan fingerprint density at radius 3 is 2.38 bits per heavy atom. The number of rotatable bonds is 9. The Kier molecular flexibility index (Phi) is 7.70. The molecule has 1 saturated carbocycles. The minimum atomic E-state index is -0.693. The van der Waals surface area contributed by atoms with E-state index in [-0.39, 0.29) is 18.0 Å². The van der Waals surface area contributed by atoms with Crippen LogP contribution in [0.1, 0.15) is 89.9 Å². The molecule has 1 aliphatic carbocycles. The minimum Gasteiger partial charge on any atom is -0.479 e. The highest BCUT2D eigenvalue weighted by Crippen LogP contribution is 2.40. The van der Waals surface area contributed by atoms with E-state index in [2.05, 4.69) is 61.0 Å². The topological polar surface area (TPSA) is 69.6 Å². The minimum absolute atomic E-state index is 0.00613. The molecular weight excluding hydrogens is 500 g/mol. The van der Waals surface area contributed by atoms with Crippen molar-refractivity contribution < 1.29 is 19.1 Å². The molecule has 0 saturated heterocycles. The van der Waals surface area contributed by atoms with Gasteiger partial charge < -0.3 is 19.4 Å². The van der Waals surface area contributed by atoms with Crippen LogP contribution in [0.25, 0.3) is 10.9 Å². The van der Waals surface area contributed by atoms with Crippen LogP contribution in [0.15, 0.2) is 66.7 Å². The molecule has 0 spiro atoms. The molecule has 4 aromatic rings. The molecule has 3 aromatic carbocycles. The number of esters is 1. The summed E-state index contributed by atoms with van der Waals surface area (Å²) < 4.78 is 12.9. The number of hydrogen-bond donors (Lipinski definition) is 1. The number of benzene rings is 3. The summed E-state index contributed by atoms with van der Waals surface area (Å²) >= 11 is 0. The van der Waals surface area contributed by atoms with Crippen molar-refractivity contribution in [3.05, 3.63) is 100 Å². The largest absolute Gasteiger partial charge is 0.479 e. The summed E-state index contributed by atoms with van der Waals surface area (Å²) in [4.78, 5) is 25.1. The second kappa shape index (κ2) is 11.2. The van der Waals surface area contributed by atoms with Gasteiger partial charge in [-0.05, 0) is 106 Å². The summed E-state index contributed by atoms with van der Waals surface area (Å²) in [6.45, 7) is 10.1. The monoisotopic (exact) mass is 538 g/mol. The van der Waals surface area contributed by atoms with Gasteiger partial charge >= 0.3 is 5.97 Å². The van der Waals surface area contributed by atoms with Crippen molar-refractivity contribution in [1.82, 2.24) is 9.88 Å². The van der Waals surface area contributed by atoms with Crippen LogP contribution in [0.5, 0.6) is 5.75 Å². The average molecular weight is 539 g/mol. The smallest absolute Gasteiger partial charge is 0.346 e. The van der Waals surface area contributed by atoms with E-state index >= 15 is 0 Å². The molecule has 0 radical (unpaired) electrons. The fourth-order valence-electron chi connectivity index (χ4n) is 5.52. The number of aryl methyl sites for hydroxylation is 1. The van der Waals surface area contributed by atoms with E-state index in [9.17, 15) is 9.59 Å². The summed E-state index contributed by atoms with van der Waals surface area (Å²) in [6.07, 6.45) is 1.82. The fourth-order valence-corrected chi connectivity index (χ4v) is 5.52. The number of carbonyl (C=O) groups excluding carboxylic acids is 2. The Morgan fingerprint density at radius 2 is 1.65 bits per heavy atom. The number of hydrogen-bond acceptors (Lipinski definition) is 4. The summed E-state index contributed by atoms with van der Waals surface area (Å²) in [5, 5.41) is 4.26. The highest BCUT2D eigenvalue weighted by atomic mass is 16.6. The number of methoxy groups -OCH3 is 1. The predicted octanol–water partition coefficient (Wildman–Crippen LogP) is 7.18. The lowest BCUT2D eigenvalue weighted by Crippen LogP contribution is -2.26. The quantitative estimate of drug-likeness (QED) is 0.229. The van der Waals surface area contributed by atoms with Crippen LogP contribution in [-0.2, 0) is 9.53 Å². The normalized spacial score (nSPS) is 15.3. The van der Waals surface area contributed by atoms with Gasteiger partial charge in [-0.2, -0.15) is 0 Å². The van der Waals surface area contributed by atoms with E-state index in [1.54, 1.807) is 6.92 Å². The van der Waals surface area contributed by atoms with E-state index in [4.69, 9.17) is 9.47 Å². The number of nitrogens with one attached hydrogen (secondary N) is 1. The lowest BCUT2D eigenvalue weighted by atomic mass is 10.0. The summed E-state index contributed by atoms with van der Waals surface area (Å²) in [5.74, 6) is 0.807. The van der Waals surface area contributed by atoms with Crippen molar-refractivity contribution in [2.24, 2.45) is 0 Å².